The van der Waals surface area contributed by atoms with Crippen LogP contribution < -0.4 is 15.4 Å². The summed E-state index contributed by atoms with van der Waals surface area (Å²) in [5.74, 6) is 1.24. The Morgan fingerprint density at radius 3 is 2.90 bits per heavy atom. The summed E-state index contributed by atoms with van der Waals surface area (Å²) in [6, 6.07) is 5.90. The second kappa shape index (κ2) is 7.96. The molecule has 1 heterocycles. The van der Waals surface area contributed by atoms with Crippen LogP contribution in [0.4, 0.5) is 11.7 Å². The van der Waals surface area contributed by atoms with E-state index in [9.17, 15) is 0 Å². The van der Waals surface area contributed by atoms with E-state index in [1.807, 2.05) is 18.2 Å². The maximum atomic E-state index is 5.50. The van der Waals surface area contributed by atoms with Crippen LogP contribution >= 0.6 is 15.9 Å². The van der Waals surface area contributed by atoms with E-state index >= 15 is 0 Å². The molecule has 114 valence electrons. The van der Waals surface area contributed by atoms with Gasteiger partial charge in [0.1, 0.15) is 5.75 Å². The highest BCUT2D eigenvalue weighted by Crippen LogP contribution is 2.29. The molecule has 21 heavy (non-hydrogen) atoms. The van der Waals surface area contributed by atoms with Crippen LogP contribution in [0.15, 0.2) is 27.1 Å². The first-order chi connectivity index (χ1) is 10.2. The van der Waals surface area contributed by atoms with Crippen molar-refractivity contribution in [1.29, 1.82) is 0 Å². The third-order valence-electron chi connectivity index (χ3n) is 2.64. The topological polar surface area (TPSA) is 81.4 Å². The van der Waals surface area contributed by atoms with E-state index in [1.54, 1.807) is 14.2 Å². The number of rotatable bonds is 8. The van der Waals surface area contributed by atoms with Crippen LogP contribution in [-0.4, -0.2) is 37.6 Å². The quantitative estimate of drug-likeness (QED) is 0.702. The largest absolute Gasteiger partial charge is 0.497 e. The Morgan fingerprint density at radius 1 is 1.29 bits per heavy atom. The average Bonchev–Trinajstić information content (AvgIpc) is 2.93. The first kappa shape index (κ1) is 15.7. The second-order valence-electron chi connectivity index (χ2n) is 4.14. The van der Waals surface area contributed by atoms with E-state index in [2.05, 4.69) is 36.8 Å². The van der Waals surface area contributed by atoms with Crippen molar-refractivity contribution in [2.24, 2.45) is 0 Å². The van der Waals surface area contributed by atoms with Gasteiger partial charge in [0.2, 0.25) is 5.89 Å². The van der Waals surface area contributed by atoms with Crippen molar-refractivity contribution in [3.8, 4) is 5.75 Å². The van der Waals surface area contributed by atoms with Gasteiger partial charge in [-0.1, -0.05) is 5.10 Å². The van der Waals surface area contributed by atoms with Gasteiger partial charge < -0.3 is 24.5 Å². The first-order valence-corrected chi connectivity index (χ1v) is 7.15. The van der Waals surface area contributed by atoms with Gasteiger partial charge in [-0.15, -0.1) is 5.10 Å². The number of nitrogens with one attached hydrogen (secondary N) is 2. The van der Waals surface area contributed by atoms with Crippen molar-refractivity contribution in [1.82, 2.24) is 15.5 Å². The Kier molecular flexibility index (Phi) is 5.97. The number of benzene rings is 1. The number of nitrogens with zero attached hydrogens (tertiary/aromatic N) is 2. The van der Waals surface area contributed by atoms with E-state index in [4.69, 9.17) is 13.9 Å². The Hall–Kier alpha value is -1.64. The number of hydrogen-bond acceptors (Lipinski definition) is 7. The number of aromatic nitrogens is 2. The van der Waals surface area contributed by atoms with Crippen LogP contribution in [0.5, 0.6) is 5.75 Å². The number of hydrogen-bond donors (Lipinski definition) is 2. The molecule has 0 unspecified atom stereocenters. The van der Waals surface area contributed by atoms with Gasteiger partial charge >= 0.3 is 6.01 Å². The minimum absolute atomic E-state index is 0.326. The van der Waals surface area contributed by atoms with Crippen molar-refractivity contribution >= 4 is 27.6 Å². The summed E-state index contributed by atoms with van der Waals surface area (Å²) in [6.07, 6.45) is 0. The molecule has 0 atom stereocenters. The predicted octanol–water partition coefficient (Wildman–Crippen LogP) is 2.32. The minimum atomic E-state index is 0.326. The zero-order chi connectivity index (χ0) is 15.1. The van der Waals surface area contributed by atoms with Crippen LogP contribution in [0.3, 0.4) is 0 Å². The summed E-state index contributed by atoms with van der Waals surface area (Å²) in [4.78, 5) is 0. The van der Waals surface area contributed by atoms with Gasteiger partial charge in [-0.05, 0) is 28.1 Å². The van der Waals surface area contributed by atoms with Crippen LogP contribution in [0, 0.1) is 0 Å². The molecule has 0 bridgehead atoms. The van der Waals surface area contributed by atoms with Crippen molar-refractivity contribution in [3.05, 3.63) is 28.6 Å². The summed E-state index contributed by atoms with van der Waals surface area (Å²) in [6.45, 7) is 1.86. The standard InChI is InChI=1S/C13H17BrN4O3/c1-19-6-5-15-8-12-17-18-13(21-12)16-11-7-9(20-2)3-4-10(11)14/h3-4,7,15H,5-6,8H2,1-2H3,(H,16,18). The number of anilines is 2. The molecule has 8 heteroatoms. The fourth-order valence-corrected chi connectivity index (χ4v) is 1.93. The molecular weight excluding hydrogens is 340 g/mol. The molecule has 0 aliphatic rings. The molecular formula is C13H17BrN4O3. The molecule has 7 nitrogen and oxygen atoms in total. The monoisotopic (exact) mass is 356 g/mol. The van der Waals surface area contributed by atoms with Gasteiger partial charge in [0, 0.05) is 24.2 Å². The molecule has 0 saturated heterocycles. The predicted molar refractivity (Wildman–Crippen MR) is 81.9 cm³/mol. The van der Waals surface area contributed by atoms with Crippen LogP contribution in [0.25, 0.3) is 0 Å². The molecule has 0 radical (unpaired) electrons. The van der Waals surface area contributed by atoms with Crippen molar-refractivity contribution in [3.63, 3.8) is 0 Å². The minimum Gasteiger partial charge on any atom is -0.497 e. The summed E-state index contributed by atoms with van der Waals surface area (Å²) < 4.78 is 16.5. The van der Waals surface area contributed by atoms with Crippen molar-refractivity contribution in [2.45, 2.75) is 6.54 Å². The molecule has 2 aromatic rings. The number of methoxy groups -OCH3 is 2. The summed E-state index contributed by atoms with van der Waals surface area (Å²) in [5.41, 5.74) is 0.789. The highest BCUT2D eigenvalue weighted by Gasteiger charge is 2.08. The highest BCUT2D eigenvalue weighted by molar-refractivity contribution is 9.10. The Morgan fingerprint density at radius 2 is 2.14 bits per heavy atom. The van der Waals surface area contributed by atoms with Crippen LogP contribution in [0.2, 0.25) is 0 Å². The van der Waals surface area contributed by atoms with Gasteiger partial charge in [-0.3, -0.25) is 0 Å². The maximum absolute atomic E-state index is 5.50. The first-order valence-electron chi connectivity index (χ1n) is 6.35. The second-order valence-corrected chi connectivity index (χ2v) is 5.00. The van der Waals surface area contributed by atoms with E-state index < -0.39 is 0 Å². The summed E-state index contributed by atoms with van der Waals surface area (Å²) in [5, 5.41) is 14.1. The number of ether oxygens (including phenoxy) is 2. The molecule has 2 rings (SSSR count). The van der Waals surface area contributed by atoms with Gasteiger partial charge in [0.25, 0.3) is 0 Å². The molecule has 0 spiro atoms. The zero-order valence-corrected chi connectivity index (χ0v) is 13.4. The third-order valence-corrected chi connectivity index (χ3v) is 3.33. The van der Waals surface area contributed by atoms with Gasteiger partial charge in [-0.2, -0.15) is 0 Å². The summed E-state index contributed by atoms with van der Waals surface area (Å²) >= 11 is 3.45. The normalized spacial score (nSPS) is 10.6. The highest BCUT2D eigenvalue weighted by atomic mass is 79.9. The van der Waals surface area contributed by atoms with E-state index in [1.165, 1.54) is 0 Å². The lowest BCUT2D eigenvalue weighted by molar-refractivity contribution is 0.198. The van der Waals surface area contributed by atoms with Gasteiger partial charge in [-0.25, -0.2) is 0 Å². The third kappa shape index (κ3) is 4.69. The maximum Gasteiger partial charge on any atom is 0.320 e. The van der Waals surface area contributed by atoms with E-state index in [0.717, 1.165) is 22.5 Å². The zero-order valence-electron chi connectivity index (χ0n) is 11.9. The molecule has 1 aromatic heterocycles. The van der Waals surface area contributed by atoms with Crippen LogP contribution in [0.1, 0.15) is 5.89 Å². The molecule has 0 fully saturated rings. The molecule has 0 aliphatic heterocycles. The smallest absolute Gasteiger partial charge is 0.320 e. The lowest BCUT2D eigenvalue weighted by atomic mass is 10.3. The van der Waals surface area contributed by atoms with Crippen molar-refractivity contribution < 1.29 is 13.9 Å². The van der Waals surface area contributed by atoms with Crippen molar-refractivity contribution in [2.75, 3.05) is 32.7 Å². The fraction of sp³-hybridized carbons (Fsp3) is 0.385. The van der Waals surface area contributed by atoms with E-state index in [0.29, 0.717) is 25.1 Å². The van der Waals surface area contributed by atoms with Crippen LogP contribution in [-0.2, 0) is 11.3 Å². The summed E-state index contributed by atoms with van der Waals surface area (Å²) in [7, 11) is 3.27. The Labute approximate surface area is 131 Å². The van der Waals surface area contributed by atoms with Gasteiger partial charge in [0.05, 0.1) is 25.9 Å². The molecule has 2 N–H and O–H groups in total. The lowest BCUT2D eigenvalue weighted by Gasteiger charge is -2.06. The lowest BCUT2D eigenvalue weighted by Crippen LogP contribution is -2.18. The Bertz CT molecular complexity index is 576. The molecule has 0 amide bonds. The molecule has 0 saturated carbocycles. The molecule has 1 aromatic carbocycles. The fourth-order valence-electron chi connectivity index (χ4n) is 1.59. The SMILES string of the molecule is COCCNCc1nnc(Nc2cc(OC)ccc2Br)o1. The average molecular weight is 357 g/mol. The molecule has 0 aliphatic carbocycles. The number of halogens is 1. The Balaban J connectivity index is 1.96. The van der Waals surface area contributed by atoms with E-state index in [-0.39, 0.29) is 0 Å². The van der Waals surface area contributed by atoms with Gasteiger partial charge in [0.15, 0.2) is 0 Å².